The van der Waals surface area contributed by atoms with Gasteiger partial charge in [-0.2, -0.15) is 0 Å². The Balaban J connectivity index is 1.71. The summed E-state index contributed by atoms with van der Waals surface area (Å²) in [6.07, 6.45) is 2.33. The van der Waals surface area contributed by atoms with Crippen LogP contribution in [0.4, 0.5) is 0 Å². The number of carbonyl (C=O) groups is 1. The van der Waals surface area contributed by atoms with Crippen LogP contribution in [0.5, 0.6) is 0 Å². The number of benzene rings is 1. The molecular formula is C20H27ClN4O3S2. The van der Waals surface area contributed by atoms with Gasteiger partial charge in [-0.1, -0.05) is 36.7 Å². The third-order valence-corrected chi connectivity index (χ3v) is 8.14. The maximum Gasteiger partial charge on any atom is 0.233 e. The summed E-state index contributed by atoms with van der Waals surface area (Å²) in [5, 5.41) is 9.90. The van der Waals surface area contributed by atoms with E-state index < -0.39 is 9.84 Å². The lowest BCUT2D eigenvalue weighted by Gasteiger charge is -2.28. The van der Waals surface area contributed by atoms with Crippen LogP contribution in [0.25, 0.3) is 11.4 Å². The quantitative estimate of drug-likeness (QED) is 0.521. The third kappa shape index (κ3) is 5.56. The molecule has 1 aromatic heterocycles. The van der Waals surface area contributed by atoms with Crippen molar-refractivity contribution in [1.29, 1.82) is 0 Å². The summed E-state index contributed by atoms with van der Waals surface area (Å²) in [4.78, 5) is 14.7. The van der Waals surface area contributed by atoms with Gasteiger partial charge in [0.05, 0.1) is 17.3 Å². The van der Waals surface area contributed by atoms with Gasteiger partial charge in [0.2, 0.25) is 5.91 Å². The lowest BCUT2D eigenvalue weighted by molar-refractivity contribution is -0.130. The standard InChI is InChI=1S/C20H27ClN4O3S2/c1-3-5-11-25(17-10-12-30(27,28)14-17)18(26)13-29-20-23-22-19(24(20)4-2)15-6-8-16(21)9-7-15/h6-9,17H,3-5,10-14H2,1-2H3. The van der Waals surface area contributed by atoms with Crippen LogP contribution in [0.2, 0.25) is 5.02 Å². The number of halogens is 1. The van der Waals surface area contributed by atoms with Crippen LogP contribution in [0.1, 0.15) is 33.1 Å². The molecule has 0 radical (unpaired) electrons. The van der Waals surface area contributed by atoms with E-state index in [-0.39, 0.29) is 29.2 Å². The highest BCUT2D eigenvalue weighted by molar-refractivity contribution is 7.99. The molecule has 1 aromatic carbocycles. The van der Waals surface area contributed by atoms with E-state index in [4.69, 9.17) is 11.6 Å². The molecule has 7 nitrogen and oxygen atoms in total. The third-order valence-electron chi connectivity index (χ3n) is 5.18. The van der Waals surface area contributed by atoms with E-state index in [9.17, 15) is 13.2 Å². The zero-order chi connectivity index (χ0) is 21.7. The first-order valence-corrected chi connectivity index (χ1v) is 13.3. The number of carbonyl (C=O) groups excluding carboxylic acids is 1. The topological polar surface area (TPSA) is 85.2 Å². The summed E-state index contributed by atoms with van der Waals surface area (Å²) < 4.78 is 25.8. The fourth-order valence-electron chi connectivity index (χ4n) is 3.56. The van der Waals surface area contributed by atoms with Crippen molar-refractivity contribution in [3.05, 3.63) is 29.3 Å². The molecule has 0 spiro atoms. The van der Waals surface area contributed by atoms with Crippen molar-refractivity contribution < 1.29 is 13.2 Å². The van der Waals surface area contributed by atoms with Gasteiger partial charge in [-0.05, 0) is 44.0 Å². The average Bonchev–Trinajstić information content (AvgIpc) is 3.29. The van der Waals surface area contributed by atoms with Crippen molar-refractivity contribution >= 4 is 39.1 Å². The maximum absolute atomic E-state index is 13.0. The monoisotopic (exact) mass is 470 g/mol. The lowest BCUT2D eigenvalue weighted by atomic mass is 10.2. The highest BCUT2D eigenvalue weighted by Gasteiger charge is 2.34. The Bertz CT molecular complexity index is 976. The van der Waals surface area contributed by atoms with Gasteiger partial charge in [-0.25, -0.2) is 8.42 Å². The Hall–Kier alpha value is -1.58. The van der Waals surface area contributed by atoms with Gasteiger partial charge in [0.25, 0.3) is 0 Å². The minimum atomic E-state index is -3.04. The number of aromatic nitrogens is 3. The van der Waals surface area contributed by atoms with Crippen LogP contribution in [0, 0.1) is 0 Å². The van der Waals surface area contributed by atoms with E-state index in [1.54, 1.807) is 4.90 Å². The van der Waals surface area contributed by atoms with E-state index >= 15 is 0 Å². The van der Waals surface area contributed by atoms with Crippen LogP contribution in [0.3, 0.4) is 0 Å². The zero-order valence-corrected chi connectivity index (χ0v) is 19.6. The molecule has 2 heterocycles. The second-order valence-electron chi connectivity index (χ2n) is 7.34. The first-order chi connectivity index (χ1) is 14.3. The summed E-state index contributed by atoms with van der Waals surface area (Å²) in [5.41, 5.74) is 0.910. The smallest absolute Gasteiger partial charge is 0.233 e. The molecule has 1 aliphatic rings. The summed E-state index contributed by atoms with van der Waals surface area (Å²) in [6.45, 7) is 5.32. The SMILES string of the molecule is CCCCN(C(=O)CSc1nnc(-c2ccc(Cl)cc2)n1CC)C1CCS(=O)(=O)C1. The van der Waals surface area contributed by atoms with Gasteiger partial charge in [-0.15, -0.1) is 10.2 Å². The summed E-state index contributed by atoms with van der Waals surface area (Å²) in [5.74, 6) is 1.12. The van der Waals surface area contributed by atoms with Crippen molar-refractivity contribution in [1.82, 2.24) is 19.7 Å². The predicted molar refractivity (Wildman–Crippen MR) is 121 cm³/mol. The molecule has 2 aromatic rings. The van der Waals surface area contributed by atoms with Gasteiger partial charge in [0.15, 0.2) is 20.8 Å². The van der Waals surface area contributed by atoms with Crippen molar-refractivity contribution in [3.8, 4) is 11.4 Å². The second-order valence-corrected chi connectivity index (χ2v) is 11.0. The summed E-state index contributed by atoms with van der Waals surface area (Å²) in [6, 6.07) is 7.19. The molecule has 1 atom stereocenters. The highest BCUT2D eigenvalue weighted by atomic mass is 35.5. The van der Waals surface area contributed by atoms with E-state index in [0.29, 0.717) is 29.7 Å². The van der Waals surface area contributed by atoms with Gasteiger partial charge in [0, 0.05) is 29.7 Å². The van der Waals surface area contributed by atoms with Crippen LogP contribution in [-0.2, 0) is 21.2 Å². The molecule has 10 heteroatoms. The number of unbranched alkanes of at least 4 members (excludes halogenated alkanes) is 1. The van der Waals surface area contributed by atoms with Crippen LogP contribution >= 0.6 is 23.4 Å². The molecule has 1 fully saturated rings. The van der Waals surface area contributed by atoms with E-state index in [1.807, 2.05) is 35.8 Å². The molecule has 0 bridgehead atoms. The average molecular weight is 471 g/mol. The number of nitrogens with zero attached hydrogens (tertiary/aromatic N) is 4. The molecular weight excluding hydrogens is 444 g/mol. The number of hydrogen-bond acceptors (Lipinski definition) is 6. The van der Waals surface area contributed by atoms with Crippen molar-refractivity contribution in [2.75, 3.05) is 23.8 Å². The lowest BCUT2D eigenvalue weighted by Crippen LogP contribution is -2.42. The van der Waals surface area contributed by atoms with Crippen LogP contribution in [-0.4, -0.2) is 63.8 Å². The van der Waals surface area contributed by atoms with Gasteiger partial charge < -0.3 is 9.47 Å². The molecule has 164 valence electrons. The molecule has 3 rings (SSSR count). The molecule has 1 aliphatic heterocycles. The predicted octanol–water partition coefficient (Wildman–Crippen LogP) is 3.53. The normalized spacial score (nSPS) is 17.9. The molecule has 1 amide bonds. The minimum Gasteiger partial charge on any atom is -0.338 e. The second kappa shape index (κ2) is 10.2. The number of amides is 1. The van der Waals surface area contributed by atoms with Crippen LogP contribution < -0.4 is 0 Å². The summed E-state index contributed by atoms with van der Waals surface area (Å²) in [7, 11) is -3.04. The van der Waals surface area contributed by atoms with Crippen molar-refractivity contribution in [2.45, 2.75) is 50.9 Å². The molecule has 0 saturated carbocycles. The molecule has 0 N–H and O–H groups in total. The molecule has 1 saturated heterocycles. The van der Waals surface area contributed by atoms with E-state index in [2.05, 4.69) is 17.1 Å². The Labute approximate surface area is 187 Å². The Morgan fingerprint density at radius 2 is 2.00 bits per heavy atom. The molecule has 0 aliphatic carbocycles. The fraction of sp³-hybridized carbons (Fsp3) is 0.550. The first kappa shape index (κ1) is 23.1. The highest BCUT2D eigenvalue weighted by Crippen LogP contribution is 2.26. The maximum atomic E-state index is 13.0. The van der Waals surface area contributed by atoms with Crippen molar-refractivity contribution in [2.24, 2.45) is 0 Å². The number of rotatable bonds is 9. The number of thioether (sulfide) groups is 1. The fourth-order valence-corrected chi connectivity index (χ4v) is 6.31. The Morgan fingerprint density at radius 3 is 2.60 bits per heavy atom. The van der Waals surface area contributed by atoms with Crippen LogP contribution in [0.15, 0.2) is 29.4 Å². The largest absolute Gasteiger partial charge is 0.338 e. The van der Waals surface area contributed by atoms with E-state index in [1.165, 1.54) is 11.8 Å². The zero-order valence-electron chi connectivity index (χ0n) is 17.3. The van der Waals surface area contributed by atoms with E-state index in [0.717, 1.165) is 24.2 Å². The number of sulfone groups is 1. The van der Waals surface area contributed by atoms with Gasteiger partial charge in [-0.3, -0.25) is 4.79 Å². The summed E-state index contributed by atoms with van der Waals surface area (Å²) >= 11 is 7.31. The Kier molecular flexibility index (Phi) is 7.81. The molecule has 30 heavy (non-hydrogen) atoms. The Morgan fingerprint density at radius 1 is 1.27 bits per heavy atom. The first-order valence-electron chi connectivity index (χ1n) is 10.2. The molecule has 1 unspecified atom stereocenters. The van der Waals surface area contributed by atoms with Gasteiger partial charge in [0.1, 0.15) is 0 Å². The van der Waals surface area contributed by atoms with Gasteiger partial charge >= 0.3 is 0 Å². The number of hydrogen-bond donors (Lipinski definition) is 0. The van der Waals surface area contributed by atoms with Crippen molar-refractivity contribution in [3.63, 3.8) is 0 Å². The minimum absolute atomic E-state index is 0.0470.